The molecule has 106 valence electrons. The maximum absolute atomic E-state index is 5.88. The lowest BCUT2D eigenvalue weighted by molar-refractivity contribution is 0.0146. The highest BCUT2D eigenvalue weighted by Gasteiger charge is 2.30. The van der Waals surface area contributed by atoms with Crippen LogP contribution in [0.25, 0.3) is 0 Å². The van der Waals surface area contributed by atoms with E-state index < -0.39 is 0 Å². The van der Waals surface area contributed by atoms with Crippen LogP contribution in [0.5, 0.6) is 5.75 Å². The summed E-state index contributed by atoms with van der Waals surface area (Å²) in [6, 6.07) is 9.15. The Hall–Kier alpha value is -1.06. The number of nitrogens with one attached hydrogen (secondary N) is 1. The fourth-order valence-electron chi connectivity index (χ4n) is 2.54. The Kier molecular flexibility index (Phi) is 4.83. The number of ether oxygens (including phenoxy) is 2. The molecule has 1 atom stereocenters. The van der Waals surface area contributed by atoms with Crippen molar-refractivity contribution in [1.29, 1.82) is 0 Å². The first-order valence-corrected chi connectivity index (χ1v) is 7.14. The van der Waals surface area contributed by atoms with Crippen molar-refractivity contribution in [3.63, 3.8) is 0 Å². The molecule has 3 nitrogen and oxygen atoms in total. The Morgan fingerprint density at radius 2 is 1.84 bits per heavy atom. The quantitative estimate of drug-likeness (QED) is 0.854. The van der Waals surface area contributed by atoms with Gasteiger partial charge in [-0.25, -0.2) is 0 Å². The van der Waals surface area contributed by atoms with Crippen LogP contribution in [0.3, 0.4) is 0 Å². The van der Waals surface area contributed by atoms with Crippen molar-refractivity contribution in [2.24, 2.45) is 0 Å². The van der Waals surface area contributed by atoms with Crippen molar-refractivity contribution in [3.05, 3.63) is 29.8 Å². The van der Waals surface area contributed by atoms with Gasteiger partial charge in [-0.05, 0) is 39.7 Å². The fourth-order valence-corrected chi connectivity index (χ4v) is 2.54. The van der Waals surface area contributed by atoms with E-state index in [0.717, 1.165) is 18.6 Å². The number of hydrogen-bond acceptors (Lipinski definition) is 3. The number of rotatable bonds is 6. The van der Waals surface area contributed by atoms with E-state index in [-0.39, 0.29) is 6.10 Å². The summed E-state index contributed by atoms with van der Waals surface area (Å²) >= 11 is 0. The topological polar surface area (TPSA) is 30.5 Å². The van der Waals surface area contributed by atoms with E-state index in [1.165, 1.54) is 5.56 Å². The van der Waals surface area contributed by atoms with Gasteiger partial charge >= 0.3 is 0 Å². The number of methoxy groups -OCH3 is 1. The van der Waals surface area contributed by atoms with Crippen LogP contribution in [0, 0.1) is 0 Å². The fraction of sp³-hybridized carbons (Fsp3) is 0.625. The van der Waals surface area contributed by atoms with Crippen molar-refractivity contribution in [2.45, 2.75) is 57.9 Å². The van der Waals surface area contributed by atoms with Gasteiger partial charge in [0.05, 0.1) is 12.2 Å². The molecule has 1 aliphatic carbocycles. The molecule has 2 rings (SSSR count). The van der Waals surface area contributed by atoms with E-state index in [2.05, 4.69) is 38.2 Å². The third-order valence-electron chi connectivity index (χ3n) is 3.66. The average Bonchev–Trinajstić information content (AvgIpc) is 2.32. The van der Waals surface area contributed by atoms with Crippen LogP contribution in [0.2, 0.25) is 0 Å². The van der Waals surface area contributed by atoms with Crippen LogP contribution in [-0.4, -0.2) is 25.4 Å². The third kappa shape index (κ3) is 3.71. The molecule has 1 N–H and O–H groups in total. The van der Waals surface area contributed by atoms with Crippen LogP contribution in [0.1, 0.15) is 45.2 Å². The van der Waals surface area contributed by atoms with E-state index in [9.17, 15) is 0 Å². The number of para-hydroxylation sites is 1. The van der Waals surface area contributed by atoms with E-state index in [0.29, 0.717) is 18.2 Å². The Morgan fingerprint density at radius 3 is 2.47 bits per heavy atom. The summed E-state index contributed by atoms with van der Waals surface area (Å²) in [4.78, 5) is 0. The SMILES string of the molecule is COC1CC(NC(C)c2ccccc2OC(C)C)C1. The second-order valence-electron chi connectivity index (χ2n) is 5.62. The van der Waals surface area contributed by atoms with E-state index in [1.807, 2.05) is 12.1 Å². The van der Waals surface area contributed by atoms with Gasteiger partial charge in [0, 0.05) is 24.8 Å². The van der Waals surface area contributed by atoms with E-state index >= 15 is 0 Å². The molecule has 0 aromatic heterocycles. The highest BCUT2D eigenvalue weighted by molar-refractivity contribution is 5.35. The van der Waals surface area contributed by atoms with Crippen LogP contribution >= 0.6 is 0 Å². The summed E-state index contributed by atoms with van der Waals surface area (Å²) in [5.41, 5.74) is 1.23. The van der Waals surface area contributed by atoms with Gasteiger partial charge in [-0.2, -0.15) is 0 Å². The Morgan fingerprint density at radius 1 is 1.16 bits per heavy atom. The molecular weight excluding hydrogens is 238 g/mol. The minimum absolute atomic E-state index is 0.204. The smallest absolute Gasteiger partial charge is 0.124 e. The van der Waals surface area contributed by atoms with Gasteiger partial charge in [-0.1, -0.05) is 18.2 Å². The molecule has 0 heterocycles. The zero-order valence-electron chi connectivity index (χ0n) is 12.3. The molecule has 1 aromatic carbocycles. The lowest BCUT2D eigenvalue weighted by atomic mass is 9.88. The molecule has 1 unspecified atom stereocenters. The predicted molar refractivity (Wildman–Crippen MR) is 77.6 cm³/mol. The van der Waals surface area contributed by atoms with Gasteiger partial charge in [-0.15, -0.1) is 0 Å². The molecule has 0 spiro atoms. The summed E-state index contributed by atoms with van der Waals surface area (Å²) in [6.07, 6.45) is 2.85. The van der Waals surface area contributed by atoms with E-state index in [1.54, 1.807) is 7.11 Å². The van der Waals surface area contributed by atoms with Gasteiger partial charge < -0.3 is 14.8 Å². The van der Waals surface area contributed by atoms with Gasteiger partial charge in [0.15, 0.2) is 0 Å². The molecule has 0 amide bonds. The molecule has 1 saturated carbocycles. The average molecular weight is 263 g/mol. The van der Waals surface area contributed by atoms with Gasteiger partial charge in [0.2, 0.25) is 0 Å². The Labute approximate surface area is 116 Å². The molecule has 3 heteroatoms. The third-order valence-corrected chi connectivity index (χ3v) is 3.66. The van der Waals surface area contributed by atoms with Gasteiger partial charge in [-0.3, -0.25) is 0 Å². The summed E-state index contributed by atoms with van der Waals surface area (Å²) in [5, 5.41) is 3.65. The Bertz CT molecular complexity index is 399. The molecule has 0 saturated heterocycles. The lowest BCUT2D eigenvalue weighted by Gasteiger charge is -2.37. The van der Waals surface area contributed by atoms with Crippen LogP contribution in [-0.2, 0) is 4.74 Å². The number of benzene rings is 1. The van der Waals surface area contributed by atoms with Crippen LogP contribution in [0.4, 0.5) is 0 Å². The zero-order valence-corrected chi connectivity index (χ0v) is 12.3. The predicted octanol–water partition coefficient (Wildman–Crippen LogP) is 3.30. The standard InChI is InChI=1S/C16H25NO2/c1-11(2)19-16-8-6-5-7-15(16)12(3)17-13-9-14(10-13)18-4/h5-8,11-14,17H,9-10H2,1-4H3. The van der Waals surface area contributed by atoms with Crippen molar-refractivity contribution in [1.82, 2.24) is 5.32 Å². The molecule has 0 radical (unpaired) electrons. The molecule has 1 aliphatic rings. The minimum atomic E-state index is 0.204. The van der Waals surface area contributed by atoms with Crippen molar-refractivity contribution >= 4 is 0 Å². The molecule has 1 fully saturated rings. The van der Waals surface area contributed by atoms with Crippen molar-refractivity contribution in [3.8, 4) is 5.75 Å². The largest absolute Gasteiger partial charge is 0.491 e. The molecule has 19 heavy (non-hydrogen) atoms. The highest BCUT2D eigenvalue weighted by Crippen LogP contribution is 2.29. The Balaban J connectivity index is 1.96. The number of hydrogen-bond donors (Lipinski definition) is 1. The molecule has 0 bridgehead atoms. The van der Waals surface area contributed by atoms with Crippen molar-refractivity contribution in [2.75, 3.05) is 7.11 Å². The van der Waals surface area contributed by atoms with Gasteiger partial charge in [0.1, 0.15) is 5.75 Å². The maximum Gasteiger partial charge on any atom is 0.124 e. The summed E-state index contributed by atoms with van der Waals surface area (Å²) in [5.74, 6) is 0.986. The second kappa shape index (κ2) is 6.40. The summed E-state index contributed by atoms with van der Waals surface area (Å²) in [7, 11) is 1.79. The first-order valence-electron chi connectivity index (χ1n) is 7.14. The zero-order chi connectivity index (χ0) is 13.8. The molecular formula is C16H25NO2. The maximum atomic E-state index is 5.88. The van der Waals surface area contributed by atoms with Crippen LogP contribution in [0.15, 0.2) is 24.3 Å². The minimum Gasteiger partial charge on any atom is -0.491 e. The van der Waals surface area contributed by atoms with Gasteiger partial charge in [0.25, 0.3) is 0 Å². The monoisotopic (exact) mass is 263 g/mol. The highest BCUT2D eigenvalue weighted by atomic mass is 16.5. The summed E-state index contributed by atoms with van der Waals surface area (Å²) < 4.78 is 11.2. The first kappa shape index (κ1) is 14.4. The normalized spacial score (nSPS) is 24.1. The summed E-state index contributed by atoms with van der Waals surface area (Å²) in [6.45, 7) is 6.32. The molecule has 0 aliphatic heterocycles. The second-order valence-corrected chi connectivity index (χ2v) is 5.62. The van der Waals surface area contributed by atoms with E-state index in [4.69, 9.17) is 9.47 Å². The molecule has 1 aromatic rings. The lowest BCUT2D eigenvalue weighted by Crippen LogP contribution is -2.45. The van der Waals surface area contributed by atoms with Crippen LogP contribution < -0.4 is 10.1 Å². The van der Waals surface area contributed by atoms with Crippen molar-refractivity contribution < 1.29 is 9.47 Å². The first-order chi connectivity index (χ1) is 9.10.